The van der Waals surface area contributed by atoms with Crippen LogP contribution in [0.15, 0.2) is 18.2 Å². The topological polar surface area (TPSA) is 270 Å². The summed E-state index contributed by atoms with van der Waals surface area (Å²) in [7, 11) is 9.99. The normalized spacial score (nSPS) is 26.8. The van der Waals surface area contributed by atoms with Gasteiger partial charge in [0.05, 0.1) is 36.6 Å². The molecule has 7 rings (SSSR count). The molecule has 1 aromatic rings. The molecule has 3 N–H and O–H groups in total. The van der Waals surface area contributed by atoms with E-state index in [2.05, 4.69) is 16.0 Å². The first-order valence-electron chi connectivity index (χ1n) is 36.9. The van der Waals surface area contributed by atoms with Crippen molar-refractivity contribution >= 4 is 82.5 Å². The van der Waals surface area contributed by atoms with E-state index in [1.54, 1.807) is 25.7 Å². The van der Waals surface area contributed by atoms with Gasteiger partial charge in [0.25, 0.3) is 0 Å². The van der Waals surface area contributed by atoms with Gasteiger partial charge in [-0.25, -0.2) is 0 Å². The number of carbonyl (C=O) groups excluding carboxylic acids is 12. The molecule has 12 amide bonds. The van der Waals surface area contributed by atoms with E-state index in [4.69, 9.17) is 11.6 Å². The first-order chi connectivity index (χ1) is 47.7. The van der Waals surface area contributed by atoms with Gasteiger partial charge in [-0.1, -0.05) is 129 Å². The molecule has 1 unspecified atom stereocenters. The Kier molecular flexibility index (Phi) is 29.3. The van der Waals surface area contributed by atoms with Gasteiger partial charge in [-0.05, 0) is 112 Å². The summed E-state index contributed by atoms with van der Waals surface area (Å²) < 4.78 is 41.6. The highest BCUT2D eigenvalue weighted by Crippen LogP contribution is 2.38. The summed E-state index contributed by atoms with van der Waals surface area (Å²) in [5, 5.41) is 8.20. The predicted molar refractivity (Wildman–Crippen MR) is 374 cm³/mol. The number of nitrogens with one attached hydrogen (secondary N) is 3. The summed E-state index contributed by atoms with van der Waals surface area (Å²) in [6.07, 6.45) is 8.09. The molecule has 8 atom stereocenters. The van der Waals surface area contributed by atoms with E-state index >= 15 is 33.6 Å². The van der Waals surface area contributed by atoms with Crippen molar-refractivity contribution in [3.63, 3.8) is 0 Å². The van der Waals surface area contributed by atoms with Crippen molar-refractivity contribution in [3.8, 4) is 0 Å². The molecule has 101 heavy (non-hydrogen) atoms. The number of rotatable bonds is 11. The Balaban J connectivity index is 1.28. The van der Waals surface area contributed by atoms with Gasteiger partial charge in [-0.15, -0.1) is 0 Å². The number of halogens is 4. The van der Waals surface area contributed by atoms with Crippen LogP contribution in [0, 0.1) is 23.7 Å². The molecule has 3 heterocycles. The van der Waals surface area contributed by atoms with Crippen LogP contribution in [0.2, 0.25) is 5.02 Å². The molecular formula is C73H112ClF3N12O12. The first-order valence-corrected chi connectivity index (χ1v) is 37.2. The van der Waals surface area contributed by atoms with Crippen molar-refractivity contribution in [1.29, 1.82) is 0 Å². The van der Waals surface area contributed by atoms with Gasteiger partial charge >= 0.3 is 6.18 Å². The third-order valence-corrected chi connectivity index (χ3v) is 22.8. The molecule has 3 aliphatic carbocycles. The number of hydrogen-bond acceptors (Lipinski definition) is 12. The Morgan fingerprint density at radius 3 is 1.73 bits per heavy atom. The van der Waals surface area contributed by atoms with E-state index < -0.39 is 173 Å². The van der Waals surface area contributed by atoms with E-state index in [-0.39, 0.29) is 63.3 Å². The van der Waals surface area contributed by atoms with Gasteiger partial charge in [0.2, 0.25) is 70.9 Å². The van der Waals surface area contributed by atoms with Crippen molar-refractivity contribution in [3.05, 3.63) is 34.3 Å². The molecule has 24 nitrogen and oxygen atoms in total. The number of amides is 12. The molecule has 1 spiro atoms. The van der Waals surface area contributed by atoms with Crippen LogP contribution in [-0.4, -0.2) is 251 Å². The van der Waals surface area contributed by atoms with Crippen LogP contribution >= 0.6 is 11.6 Å². The number of alkyl halides is 3. The zero-order chi connectivity index (χ0) is 74.4. The van der Waals surface area contributed by atoms with Crippen molar-refractivity contribution < 1.29 is 70.7 Å². The summed E-state index contributed by atoms with van der Waals surface area (Å²) in [6.45, 7) is 6.23. The molecular weight excluding hydrogens is 1330 g/mol. The van der Waals surface area contributed by atoms with Crippen LogP contribution in [0.5, 0.6) is 0 Å². The lowest BCUT2D eigenvalue weighted by Crippen LogP contribution is -2.65. The molecule has 1 aromatic carbocycles. The minimum atomic E-state index is -4.76. The zero-order valence-corrected chi connectivity index (χ0v) is 62.2. The highest BCUT2D eigenvalue weighted by molar-refractivity contribution is 6.31. The van der Waals surface area contributed by atoms with E-state index in [0.29, 0.717) is 57.2 Å². The molecule has 0 bridgehead atoms. The fourth-order valence-corrected chi connectivity index (χ4v) is 16.2. The van der Waals surface area contributed by atoms with E-state index in [1.165, 1.54) is 84.8 Å². The molecule has 3 saturated heterocycles. The van der Waals surface area contributed by atoms with Crippen LogP contribution in [-0.2, 0) is 70.1 Å². The minimum absolute atomic E-state index is 0.0202. The van der Waals surface area contributed by atoms with Crippen molar-refractivity contribution in [2.24, 2.45) is 23.7 Å². The second-order valence-corrected chi connectivity index (χ2v) is 30.5. The van der Waals surface area contributed by atoms with Crippen molar-refractivity contribution in [2.45, 2.75) is 242 Å². The molecule has 28 heteroatoms. The number of fused-ring (bicyclic) bond motifs is 1. The lowest BCUT2D eigenvalue weighted by atomic mass is 9.84. The van der Waals surface area contributed by atoms with Crippen LogP contribution < -0.4 is 16.0 Å². The number of likely N-dealkylation sites (tertiary alicyclic amines) is 1. The number of likely N-dealkylation sites (N-methyl/N-ethyl adjacent to an activating group) is 7. The fraction of sp³-hybridized carbons (Fsp3) is 0.753. The van der Waals surface area contributed by atoms with E-state index in [0.717, 1.165) is 92.6 Å². The van der Waals surface area contributed by atoms with E-state index in [1.807, 2.05) is 6.92 Å². The van der Waals surface area contributed by atoms with Gasteiger partial charge in [-0.2, -0.15) is 13.2 Å². The molecule has 3 aliphatic heterocycles. The van der Waals surface area contributed by atoms with Crippen LogP contribution in [0.25, 0.3) is 0 Å². The van der Waals surface area contributed by atoms with Gasteiger partial charge in [-0.3, -0.25) is 57.5 Å². The quantitative estimate of drug-likeness (QED) is 0.217. The number of aryl methyl sites for hydroxylation is 1. The minimum Gasteiger partial charge on any atom is -0.343 e. The summed E-state index contributed by atoms with van der Waals surface area (Å²) in [4.78, 5) is 191. The van der Waals surface area contributed by atoms with Crippen molar-refractivity contribution in [2.75, 3.05) is 88.6 Å². The number of piperidine rings is 1. The van der Waals surface area contributed by atoms with Gasteiger partial charge < -0.3 is 60.0 Å². The number of nitrogens with zero attached hydrogens (tertiary/aromatic N) is 9. The third kappa shape index (κ3) is 20.6. The highest BCUT2D eigenvalue weighted by Gasteiger charge is 2.51. The molecule has 6 fully saturated rings. The highest BCUT2D eigenvalue weighted by atomic mass is 35.5. The van der Waals surface area contributed by atoms with Gasteiger partial charge in [0, 0.05) is 69.0 Å². The number of hydrogen-bond donors (Lipinski definition) is 3. The summed E-state index contributed by atoms with van der Waals surface area (Å²) in [5.41, 5.74) is -2.35. The van der Waals surface area contributed by atoms with Gasteiger partial charge in [0.15, 0.2) is 0 Å². The Labute approximate surface area is 599 Å². The maximum atomic E-state index is 15.5. The first kappa shape index (κ1) is 81.2. The average Bonchev–Trinajstić information content (AvgIpc) is 1.77. The average molecular weight is 1440 g/mol. The van der Waals surface area contributed by atoms with Crippen LogP contribution in [0.1, 0.15) is 193 Å². The lowest BCUT2D eigenvalue weighted by Gasteiger charge is -2.42. The maximum Gasteiger partial charge on any atom is 0.417 e. The molecule has 3 saturated carbocycles. The largest absolute Gasteiger partial charge is 0.417 e. The maximum absolute atomic E-state index is 15.5. The lowest BCUT2D eigenvalue weighted by molar-refractivity contribution is -0.156. The molecule has 564 valence electrons. The second kappa shape index (κ2) is 36.4. The van der Waals surface area contributed by atoms with Crippen molar-refractivity contribution in [1.82, 2.24) is 60.0 Å². The van der Waals surface area contributed by atoms with E-state index in [9.17, 15) is 37.1 Å². The SMILES string of the molecule is CC[C@H](C)[C@@H]1NC(=O)[C@H](CC2CCCCC2)N(C)C(=O)C[C@@H](C(=O)N2CCCCC2)N(C)C(=O)[C@H](C(C)C)N(C)C(=O)C2(CCCC2)NC(=O)C2CCCN2C(=O)[C@H](CCc2ccc(C(F)(F)F)c(Cl)c2)NC(=O)CN(C)C(=O)[C@H](CC2CCCCC2)N(C)C(=O)CN(C)C(=O)CN(C)C1=O. The number of benzene rings is 1. The van der Waals surface area contributed by atoms with Crippen LogP contribution in [0.4, 0.5) is 13.2 Å². The fourth-order valence-electron chi connectivity index (χ4n) is 15.9. The Morgan fingerprint density at radius 1 is 0.594 bits per heavy atom. The molecule has 0 aromatic heterocycles. The predicted octanol–water partition coefficient (Wildman–Crippen LogP) is 6.42. The smallest absolute Gasteiger partial charge is 0.343 e. The Bertz CT molecular complexity index is 3130. The summed E-state index contributed by atoms with van der Waals surface area (Å²) in [5.74, 6) is -8.74. The standard InChI is InChI=1S/C73H112ClF3N12O12/c1-12-47(4)62-69(99)83(7)44-60(92)81(5)45-61(93)85(9)56(41-49-27-18-14-19-28-49)67(97)82(6)43-58(90)78-53(33-31-50-30-32-51(52(74)39-50)73(75,76)77)66(96)89-38-24-29-54(89)65(95)80-72(34-20-21-35-72)71(101)87(11)63(46(2)3)70(100)86(10)57(68(98)88-36-22-15-23-37-88)42-59(91)84(8)55(64(94)79-62)40-48-25-16-13-17-26-48/h30,32,39,46-49,53-57,62-63H,12-29,31,33-38,40-45H2,1-11H3,(H,78,90)(H,79,94)(H,80,95)/t47-,53-,54?,55-,56-,57-,62-,63-/m0/s1. The molecule has 0 radical (unpaired) electrons. The van der Waals surface area contributed by atoms with Gasteiger partial charge in [0.1, 0.15) is 47.8 Å². The monoisotopic (exact) mass is 1440 g/mol. The Morgan fingerprint density at radius 2 is 1.16 bits per heavy atom. The Hall–Kier alpha value is -7.06. The third-order valence-electron chi connectivity index (χ3n) is 22.5. The molecule has 6 aliphatic rings. The number of carbonyl (C=O) groups is 12. The second-order valence-electron chi connectivity index (χ2n) is 30.1. The summed E-state index contributed by atoms with van der Waals surface area (Å²) in [6, 6.07) is -5.57. The summed E-state index contributed by atoms with van der Waals surface area (Å²) >= 11 is 6.15. The van der Waals surface area contributed by atoms with Crippen LogP contribution in [0.3, 0.4) is 0 Å². The zero-order valence-electron chi connectivity index (χ0n) is 61.4.